The number of carbonyl (C=O) groups excluding carboxylic acids is 1. The maximum atomic E-state index is 11.4. The van der Waals surface area contributed by atoms with Crippen molar-refractivity contribution >= 4 is 17.3 Å². The van der Waals surface area contributed by atoms with E-state index >= 15 is 0 Å². The van der Waals surface area contributed by atoms with Crippen molar-refractivity contribution in [3.05, 3.63) is 53.6 Å². The van der Waals surface area contributed by atoms with Crippen LogP contribution in [0.2, 0.25) is 0 Å². The Morgan fingerprint density at radius 3 is 2.62 bits per heavy atom. The van der Waals surface area contributed by atoms with Gasteiger partial charge >= 0.3 is 0 Å². The monoisotopic (exact) mass is 389 g/mol. The molecule has 1 N–H and O–H groups in total. The maximum absolute atomic E-state index is 11.4. The Morgan fingerprint density at radius 1 is 1.07 bits per heavy atom. The highest BCUT2D eigenvalue weighted by Crippen LogP contribution is 2.27. The molecular weight excluding hydrogens is 362 g/mol. The Hall–Kier alpha value is -2.97. The summed E-state index contributed by atoms with van der Waals surface area (Å²) in [5, 5.41) is 2.85. The minimum atomic E-state index is 0.0573. The number of fused-ring (bicyclic) bond motifs is 1. The molecule has 0 atom stereocenters. The number of benzene rings is 2. The summed E-state index contributed by atoms with van der Waals surface area (Å²) in [5.74, 6) is 6.94. The third kappa shape index (κ3) is 4.90. The van der Waals surface area contributed by atoms with Gasteiger partial charge in [-0.15, -0.1) is 5.92 Å². The summed E-state index contributed by atoms with van der Waals surface area (Å²) in [6.07, 6.45) is 1.45. The average Bonchev–Trinajstić information content (AvgIpc) is 3.12. The first-order valence-electron chi connectivity index (χ1n) is 10.3. The molecule has 0 bridgehead atoms. The normalized spacial score (nSPS) is 16.0. The number of carbonyl (C=O) groups is 1. The summed E-state index contributed by atoms with van der Waals surface area (Å²) in [7, 11) is 0. The van der Waals surface area contributed by atoms with Gasteiger partial charge in [0.05, 0.1) is 13.0 Å². The largest absolute Gasteiger partial charge is 0.494 e. The van der Waals surface area contributed by atoms with Crippen LogP contribution in [0.5, 0.6) is 5.75 Å². The molecule has 0 radical (unpaired) electrons. The zero-order valence-corrected chi connectivity index (χ0v) is 16.9. The van der Waals surface area contributed by atoms with Gasteiger partial charge in [-0.05, 0) is 61.4 Å². The number of nitrogens with one attached hydrogen (secondary N) is 1. The highest BCUT2D eigenvalue weighted by molar-refractivity contribution is 5.99. The van der Waals surface area contributed by atoms with Crippen molar-refractivity contribution < 1.29 is 9.53 Å². The Bertz CT molecular complexity index is 919. The Labute approximate surface area is 172 Å². The smallest absolute Gasteiger partial charge is 0.228 e. The molecule has 150 valence electrons. The van der Waals surface area contributed by atoms with Crippen LogP contribution < -0.4 is 15.0 Å². The molecule has 0 saturated carbocycles. The van der Waals surface area contributed by atoms with Gasteiger partial charge in [0.2, 0.25) is 5.91 Å². The van der Waals surface area contributed by atoms with Crippen LogP contribution in [0.4, 0.5) is 11.4 Å². The number of amides is 1. The van der Waals surface area contributed by atoms with Gasteiger partial charge in [-0.3, -0.25) is 9.69 Å². The predicted molar refractivity (Wildman–Crippen MR) is 117 cm³/mol. The summed E-state index contributed by atoms with van der Waals surface area (Å²) in [5.41, 5.74) is 4.28. The number of ether oxygens (including phenoxy) is 1. The first kappa shape index (κ1) is 19.4. The third-order valence-electron chi connectivity index (χ3n) is 5.46. The molecule has 4 rings (SSSR count). The van der Waals surface area contributed by atoms with Gasteiger partial charge in [-0.25, -0.2) is 0 Å². The summed E-state index contributed by atoms with van der Waals surface area (Å²) >= 11 is 0. The van der Waals surface area contributed by atoms with Gasteiger partial charge in [0, 0.05) is 49.7 Å². The highest BCUT2D eigenvalue weighted by atomic mass is 16.5. The van der Waals surface area contributed by atoms with Gasteiger partial charge in [-0.1, -0.05) is 5.92 Å². The van der Waals surface area contributed by atoms with Crippen LogP contribution in [0.1, 0.15) is 24.5 Å². The van der Waals surface area contributed by atoms with E-state index < -0.39 is 0 Å². The van der Waals surface area contributed by atoms with Gasteiger partial charge < -0.3 is 15.0 Å². The van der Waals surface area contributed by atoms with E-state index in [1.54, 1.807) is 0 Å². The molecule has 5 nitrogen and oxygen atoms in total. The molecule has 0 spiro atoms. The van der Waals surface area contributed by atoms with Crippen molar-refractivity contribution in [1.29, 1.82) is 0 Å². The molecule has 0 unspecified atom stereocenters. The lowest BCUT2D eigenvalue weighted by Gasteiger charge is -2.36. The van der Waals surface area contributed by atoms with E-state index in [-0.39, 0.29) is 5.91 Å². The van der Waals surface area contributed by atoms with Gasteiger partial charge in [0.25, 0.3) is 0 Å². The second kappa shape index (κ2) is 9.02. The van der Waals surface area contributed by atoms with E-state index in [1.165, 1.54) is 5.69 Å². The van der Waals surface area contributed by atoms with Crippen LogP contribution in [-0.2, 0) is 11.2 Å². The number of nitrogens with zero attached hydrogens (tertiary/aromatic N) is 2. The number of hydrogen-bond acceptors (Lipinski definition) is 4. The van der Waals surface area contributed by atoms with Crippen LogP contribution in [-0.4, -0.2) is 50.1 Å². The quantitative estimate of drug-likeness (QED) is 0.609. The second-order valence-electron chi connectivity index (χ2n) is 7.50. The van der Waals surface area contributed by atoms with E-state index in [0.29, 0.717) is 13.0 Å². The molecule has 5 heteroatoms. The van der Waals surface area contributed by atoms with Crippen molar-refractivity contribution in [1.82, 2.24) is 4.90 Å². The fraction of sp³-hybridized carbons (Fsp3) is 0.375. The minimum Gasteiger partial charge on any atom is -0.494 e. The van der Waals surface area contributed by atoms with Gasteiger partial charge in [0.15, 0.2) is 0 Å². The van der Waals surface area contributed by atoms with Crippen molar-refractivity contribution in [3.8, 4) is 17.6 Å². The van der Waals surface area contributed by atoms with Gasteiger partial charge in [0.1, 0.15) is 5.75 Å². The van der Waals surface area contributed by atoms with Crippen LogP contribution >= 0.6 is 0 Å². The molecule has 2 aromatic carbocycles. The molecule has 0 aliphatic carbocycles. The zero-order chi connectivity index (χ0) is 20.1. The Morgan fingerprint density at radius 2 is 1.86 bits per heavy atom. The summed E-state index contributed by atoms with van der Waals surface area (Å²) < 4.78 is 5.89. The lowest BCUT2D eigenvalue weighted by molar-refractivity contribution is -0.115. The van der Waals surface area contributed by atoms with Crippen molar-refractivity contribution in [2.45, 2.75) is 19.8 Å². The molecule has 2 aliphatic rings. The standard InChI is InChI=1S/C24H27N3O2/c1-2-4-19-5-7-21(8-6-19)27-14-12-26(13-15-27)11-3-16-29-22-9-10-23-20(17-22)18-24(28)25-23/h5-10,17H,3,11-16,18H2,1H3,(H,25,28). The molecule has 2 heterocycles. The molecular formula is C24H27N3O2. The fourth-order valence-electron chi connectivity index (χ4n) is 3.90. The number of hydrogen-bond donors (Lipinski definition) is 1. The van der Waals surface area contributed by atoms with Gasteiger partial charge in [-0.2, -0.15) is 0 Å². The van der Waals surface area contributed by atoms with Crippen LogP contribution in [0, 0.1) is 11.8 Å². The summed E-state index contributed by atoms with van der Waals surface area (Å²) in [4.78, 5) is 16.4. The predicted octanol–water partition coefficient (Wildman–Crippen LogP) is 3.14. The molecule has 1 fully saturated rings. The van der Waals surface area contributed by atoms with Crippen LogP contribution in [0.25, 0.3) is 0 Å². The molecule has 0 aromatic heterocycles. The third-order valence-corrected chi connectivity index (χ3v) is 5.46. The number of anilines is 2. The van der Waals surface area contributed by atoms with E-state index in [9.17, 15) is 4.79 Å². The molecule has 1 amide bonds. The van der Waals surface area contributed by atoms with E-state index in [4.69, 9.17) is 4.74 Å². The number of piperazine rings is 1. The van der Waals surface area contributed by atoms with Crippen molar-refractivity contribution in [2.24, 2.45) is 0 Å². The lowest BCUT2D eigenvalue weighted by atomic mass is 10.1. The second-order valence-corrected chi connectivity index (χ2v) is 7.50. The molecule has 2 aromatic rings. The Kier molecular flexibility index (Phi) is 6.02. The van der Waals surface area contributed by atoms with E-state index in [1.807, 2.05) is 25.1 Å². The Balaban J connectivity index is 1.17. The maximum Gasteiger partial charge on any atom is 0.228 e. The highest BCUT2D eigenvalue weighted by Gasteiger charge is 2.18. The van der Waals surface area contributed by atoms with Crippen LogP contribution in [0.15, 0.2) is 42.5 Å². The topological polar surface area (TPSA) is 44.8 Å². The van der Waals surface area contributed by atoms with Crippen molar-refractivity contribution in [3.63, 3.8) is 0 Å². The summed E-state index contributed by atoms with van der Waals surface area (Å²) in [6.45, 7) is 7.84. The fourth-order valence-corrected chi connectivity index (χ4v) is 3.90. The first-order valence-corrected chi connectivity index (χ1v) is 10.3. The van der Waals surface area contributed by atoms with E-state index in [0.717, 1.165) is 61.7 Å². The number of rotatable bonds is 6. The van der Waals surface area contributed by atoms with E-state index in [2.05, 4.69) is 51.2 Å². The molecule has 29 heavy (non-hydrogen) atoms. The first-order chi connectivity index (χ1) is 14.2. The van der Waals surface area contributed by atoms with Crippen molar-refractivity contribution in [2.75, 3.05) is 49.5 Å². The minimum absolute atomic E-state index is 0.0573. The zero-order valence-electron chi connectivity index (χ0n) is 16.9. The SMILES string of the molecule is CC#Cc1ccc(N2CCN(CCCOc3ccc4c(c3)CC(=O)N4)CC2)cc1. The molecule has 1 saturated heterocycles. The summed E-state index contributed by atoms with van der Waals surface area (Å²) in [6, 6.07) is 14.4. The lowest BCUT2D eigenvalue weighted by Crippen LogP contribution is -2.46. The van der Waals surface area contributed by atoms with Crippen LogP contribution in [0.3, 0.4) is 0 Å². The average molecular weight is 389 g/mol. The molecule has 2 aliphatic heterocycles.